The van der Waals surface area contributed by atoms with Crippen LogP contribution in [0.1, 0.15) is 5.56 Å². The van der Waals surface area contributed by atoms with Crippen molar-refractivity contribution in [2.75, 3.05) is 17.1 Å². The van der Waals surface area contributed by atoms with E-state index in [1.165, 1.54) is 12.1 Å². The van der Waals surface area contributed by atoms with Gasteiger partial charge in [-0.1, -0.05) is 12.1 Å². The van der Waals surface area contributed by atoms with Crippen LogP contribution in [0.15, 0.2) is 77.7 Å². The van der Waals surface area contributed by atoms with Crippen LogP contribution < -0.4 is 14.8 Å². The molecule has 6 nitrogen and oxygen atoms in total. The molecule has 0 atom stereocenters. The Morgan fingerprint density at radius 1 is 0.897 bits per heavy atom. The summed E-state index contributed by atoms with van der Waals surface area (Å²) < 4.78 is 33.7. The summed E-state index contributed by atoms with van der Waals surface area (Å²) in [5.41, 5.74) is 1.86. The Kier molecular flexibility index (Phi) is 6.75. The Hall–Kier alpha value is -2.59. The number of rotatable bonds is 7. The molecule has 0 aliphatic heterocycles. The summed E-state index contributed by atoms with van der Waals surface area (Å²) >= 11 is 2.15. The molecule has 0 unspecified atom stereocenters. The lowest BCUT2D eigenvalue weighted by atomic mass is 10.1. The summed E-state index contributed by atoms with van der Waals surface area (Å²) in [7, 11) is -2.12. The van der Waals surface area contributed by atoms with E-state index in [2.05, 4.69) is 32.6 Å². The van der Waals surface area contributed by atoms with Crippen LogP contribution in [0.5, 0.6) is 5.75 Å². The Labute approximate surface area is 183 Å². The molecule has 2 N–H and O–H groups in total. The second-order valence-corrected chi connectivity index (χ2v) is 9.14. The lowest BCUT2D eigenvalue weighted by molar-refractivity contribution is -0.115. The summed E-state index contributed by atoms with van der Waals surface area (Å²) in [5, 5.41) is 2.77. The highest BCUT2D eigenvalue weighted by atomic mass is 127. The quantitative estimate of drug-likeness (QED) is 0.454. The van der Waals surface area contributed by atoms with Gasteiger partial charge >= 0.3 is 0 Å². The number of hydrogen-bond acceptors (Lipinski definition) is 4. The van der Waals surface area contributed by atoms with Crippen molar-refractivity contribution in [3.63, 3.8) is 0 Å². The van der Waals surface area contributed by atoms with Gasteiger partial charge in [-0.3, -0.25) is 9.52 Å². The Morgan fingerprint density at radius 3 is 2.07 bits per heavy atom. The first-order valence-electron chi connectivity index (χ1n) is 8.67. The highest BCUT2D eigenvalue weighted by Crippen LogP contribution is 2.19. The summed E-state index contributed by atoms with van der Waals surface area (Å²) in [6, 6.07) is 20.3. The number of carbonyl (C=O) groups is 1. The zero-order chi connectivity index (χ0) is 20.9. The summed E-state index contributed by atoms with van der Waals surface area (Å²) in [6.45, 7) is 0. The van der Waals surface area contributed by atoms with E-state index in [-0.39, 0.29) is 17.2 Å². The molecule has 3 aromatic rings. The largest absolute Gasteiger partial charge is 0.497 e. The van der Waals surface area contributed by atoms with Crippen LogP contribution in [0.4, 0.5) is 11.4 Å². The fraction of sp³-hybridized carbons (Fsp3) is 0.0952. The van der Waals surface area contributed by atoms with E-state index in [4.69, 9.17) is 4.74 Å². The van der Waals surface area contributed by atoms with Crippen LogP contribution in [0, 0.1) is 3.57 Å². The molecule has 8 heteroatoms. The Bertz CT molecular complexity index is 1080. The minimum absolute atomic E-state index is 0.115. The topological polar surface area (TPSA) is 84.5 Å². The highest BCUT2D eigenvalue weighted by Gasteiger charge is 2.14. The lowest BCUT2D eigenvalue weighted by Crippen LogP contribution is -2.15. The fourth-order valence-electron chi connectivity index (χ4n) is 2.58. The highest BCUT2D eigenvalue weighted by molar-refractivity contribution is 14.1. The minimum atomic E-state index is -3.70. The van der Waals surface area contributed by atoms with Gasteiger partial charge in [0.15, 0.2) is 0 Å². The summed E-state index contributed by atoms with van der Waals surface area (Å²) in [4.78, 5) is 12.3. The minimum Gasteiger partial charge on any atom is -0.497 e. The van der Waals surface area contributed by atoms with Crippen molar-refractivity contribution in [3.8, 4) is 5.75 Å². The van der Waals surface area contributed by atoms with E-state index >= 15 is 0 Å². The molecular formula is C21H19IN2O4S. The number of hydrogen-bond donors (Lipinski definition) is 2. The van der Waals surface area contributed by atoms with Crippen molar-refractivity contribution >= 4 is 49.9 Å². The first-order chi connectivity index (χ1) is 13.9. The van der Waals surface area contributed by atoms with Gasteiger partial charge in [0.25, 0.3) is 10.0 Å². The van der Waals surface area contributed by atoms with Crippen molar-refractivity contribution in [1.82, 2.24) is 0 Å². The maximum atomic E-state index is 12.5. The van der Waals surface area contributed by atoms with E-state index in [0.29, 0.717) is 11.4 Å². The smallest absolute Gasteiger partial charge is 0.261 e. The van der Waals surface area contributed by atoms with Gasteiger partial charge in [-0.15, -0.1) is 0 Å². The van der Waals surface area contributed by atoms with Crippen LogP contribution in [-0.4, -0.2) is 21.4 Å². The van der Waals surface area contributed by atoms with Crippen molar-refractivity contribution in [1.29, 1.82) is 0 Å². The SMILES string of the molecule is COc1ccc(CC(=O)Nc2ccc(S(=O)(=O)Nc3ccc(I)cc3)cc2)cc1. The number of halogens is 1. The molecule has 3 aromatic carbocycles. The van der Waals surface area contributed by atoms with Crippen molar-refractivity contribution in [2.24, 2.45) is 0 Å². The number of ether oxygens (including phenoxy) is 1. The summed E-state index contributed by atoms with van der Waals surface area (Å²) in [5.74, 6) is 0.535. The average molecular weight is 522 g/mol. The van der Waals surface area contributed by atoms with Gasteiger partial charge in [0.2, 0.25) is 5.91 Å². The number of amides is 1. The Morgan fingerprint density at radius 2 is 1.48 bits per heavy atom. The van der Waals surface area contributed by atoms with Crippen LogP contribution in [0.25, 0.3) is 0 Å². The molecule has 0 aromatic heterocycles. The van der Waals surface area contributed by atoms with E-state index in [0.717, 1.165) is 14.9 Å². The third kappa shape index (κ3) is 5.94. The van der Waals surface area contributed by atoms with Gasteiger partial charge in [-0.25, -0.2) is 8.42 Å². The van der Waals surface area contributed by atoms with Crippen LogP contribution in [0.2, 0.25) is 0 Å². The van der Waals surface area contributed by atoms with Gasteiger partial charge in [0.05, 0.1) is 18.4 Å². The molecule has 0 radical (unpaired) electrons. The van der Waals surface area contributed by atoms with E-state index in [9.17, 15) is 13.2 Å². The molecule has 0 heterocycles. The number of anilines is 2. The van der Waals surface area contributed by atoms with Gasteiger partial charge in [-0.05, 0) is 88.8 Å². The molecular weight excluding hydrogens is 503 g/mol. The molecule has 150 valence electrons. The monoisotopic (exact) mass is 522 g/mol. The molecule has 0 saturated carbocycles. The van der Waals surface area contributed by atoms with E-state index in [1.807, 2.05) is 24.3 Å². The number of methoxy groups -OCH3 is 1. The third-order valence-corrected chi connectivity index (χ3v) is 6.18. The van der Waals surface area contributed by atoms with E-state index < -0.39 is 10.0 Å². The predicted molar refractivity (Wildman–Crippen MR) is 122 cm³/mol. The molecule has 0 bridgehead atoms. The standard InChI is InChI=1S/C21H19IN2O4S/c1-28-19-10-2-15(3-11-19)14-21(25)23-17-8-12-20(13-9-17)29(26,27)24-18-6-4-16(22)5-7-18/h2-13,24H,14H2,1H3,(H,23,25). The average Bonchev–Trinajstić information content (AvgIpc) is 2.70. The zero-order valence-corrected chi connectivity index (χ0v) is 18.5. The Balaban J connectivity index is 1.62. The van der Waals surface area contributed by atoms with Crippen molar-refractivity contribution in [3.05, 3.63) is 81.9 Å². The summed E-state index contributed by atoms with van der Waals surface area (Å²) in [6.07, 6.45) is 0.207. The maximum absolute atomic E-state index is 12.5. The molecule has 0 aliphatic rings. The van der Waals surface area contributed by atoms with Crippen molar-refractivity contribution < 1.29 is 17.9 Å². The second kappa shape index (κ2) is 9.27. The fourth-order valence-corrected chi connectivity index (χ4v) is 4.00. The van der Waals surface area contributed by atoms with Gasteiger partial charge in [-0.2, -0.15) is 0 Å². The molecule has 0 saturated heterocycles. The predicted octanol–water partition coefficient (Wildman–Crippen LogP) is 4.28. The third-order valence-electron chi connectivity index (χ3n) is 4.07. The first-order valence-corrected chi connectivity index (χ1v) is 11.2. The molecule has 0 aliphatic carbocycles. The van der Waals surface area contributed by atoms with Crippen LogP contribution in [-0.2, 0) is 21.2 Å². The van der Waals surface area contributed by atoms with E-state index in [1.54, 1.807) is 43.5 Å². The number of carbonyl (C=O) groups excluding carboxylic acids is 1. The number of benzene rings is 3. The lowest BCUT2D eigenvalue weighted by Gasteiger charge is -2.10. The van der Waals surface area contributed by atoms with Gasteiger partial charge < -0.3 is 10.1 Å². The molecule has 29 heavy (non-hydrogen) atoms. The van der Waals surface area contributed by atoms with Gasteiger partial charge in [0.1, 0.15) is 5.75 Å². The van der Waals surface area contributed by atoms with Gasteiger partial charge in [0, 0.05) is 14.9 Å². The molecule has 1 amide bonds. The van der Waals surface area contributed by atoms with Crippen LogP contribution in [0.3, 0.4) is 0 Å². The number of nitrogens with one attached hydrogen (secondary N) is 2. The normalized spacial score (nSPS) is 11.0. The molecule has 0 fully saturated rings. The number of sulfonamides is 1. The maximum Gasteiger partial charge on any atom is 0.261 e. The molecule has 3 rings (SSSR count). The van der Waals surface area contributed by atoms with Crippen LogP contribution >= 0.6 is 22.6 Å². The molecule has 0 spiro atoms. The second-order valence-electron chi connectivity index (χ2n) is 6.21. The van der Waals surface area contributed by atoms with Crippen molar-refractivity contribution in [2.45, 2.75) is 11.3 Å². The first kappa shape index (κ1) is 21.1. The zero-order valence-electron chi connectivity index (χ0n) is 15.6.